The maximum atomic E-state index is 13.3. The zero-order valence-corrected chi connectivity index (χ0v) is 25.2. The highest BCUT2D eigenvalue weighted by Crippen LogP contribution is 2.49. The molecule has 0 radical (unpaired) electrons. The first-order valence-corrected chi connectivity index (χ1v) is 15.5. The average Bonchev–Trinajstić information content (AvgIpc) is 3.15. The van der Waals surface area contributed by atoms with Crippen molar-refractivity contribution < 1.29 is 19.5 Å². The van der Waals surface area contributed by atoms with Crippen LogP contribution in [0.5, 0.6) is 0 Å². The Bertz CT molecular complexity index is 895. The van der Waals surface area contributed by atoms with Crippen LogP contribution in [0.2, 0.25) is 0 Å². The van der Waals surface area contributed by atoms with Gasteiger partial charge in [0, 0.05) is 19.6 Å². The Balaban J connectivity index is 0.00000533. The summed E-state index contributed by atoms with van der Waals surface area (Å²) in [6.07, 6.45) is 14.0. The molecule has 2 aliphatic heterocycles. The van der Waals surface area contributed by atoms with E-state index in [1.165, 1.54) is 63.1 Å². The average molecular weight is 582 g/mol. The molecule has 0 aliphatic carbocycles. The van der Waals surface area contributed by atoms with Gasteiger partial charge in [-0.05, 0) is 31.2 Å². The van der Waals surface area contributed by atoms with Gasteiger partial charge in [-0.1, -0.05) is 95.0 Å². The predicted octanol–water partition coefficient (Wildman–Crippen LogP) is 5.64. The normalized spacial score (nSPS) is 19.2. The Morgan fingerprint density at radius 2 is 1.56 bits per heavy atom. The van der Waals surface area contributed by atoms with Gasteiger partial charge in [0.15, 0.2) is 0 Å². The van der Waals surface area contributed by atoms with E-state index in [4.69, 9.17) is 5.73 Å². The van der Waals surface area contributed by atoms with E-state index in [-0.39, 0.29) is 30.6 Å². The van der Waals surface area contributed by atoms with Crippen molar-refractivity contribution in [3.8, 4) is 0 Å². The molecule has 39 heavy (non-hydrogen) atoms. The van der Waals surface area contributed by atoms with Crippen molar-refractivity contribution in [2.45, 2.75) is 113 Å². The number of nitrogens with zero attached hydrogens (tertiary/aromatic N) is 2. The molecule has 0 bridgehead atoms. The molecule has 0 saturated carbocycles. The third-order valence-corrected chi connectivity index (χ3v) is 9.68. The van der Waals surface area contributed by atoms with Crippen molar-refractivity contribution >= 4 is 42.0 Å². The number of carbonyl (C=O) groups is 3. The molecule has 2 amide bonds. The van der Waals surface area contributed by atoms with Crippen LogP contribution < -0.4 is 5.73 Å². The molecule has 220 valence electrons. The molecule has 9 heteroatoms. The first kappa shape index (κ1) is 33.4. The number of piperidine rings is 1. The zero-order valence-electron chi connectivity index (χ0n) is 23.5. The lowest BCUT2D eigenvalue weighted by Gasteiger charge is -2.44. The van der Waals surface area contributed by atoms with Crippen LogP contribution in [0.4, 0.5) is 0 Å². The number of aliphatic carboxylic acids is 1. The summed E-state index contributed by atoms with van der Waals surface area (Å²) in [6, 6.07) is 9.21. The fraction of sp³-hybridized carbons (Fsp3) is 0.700. The van der Waals surface area contributed by atoms with Crippen molar-refractivity contribution in [2.75, 3.05) is 19.6 Å². The Morgan fingerprint density at radius 3 is 2.13 bits per heavy atom. The van der Waals surface area contributed by atoms with Gasteiger partial charge in [-0.15, -0.1) is 24.2 Å². The number of thioether (sulfide) groups is 1. The number of carboxylic acid groups (broad SMARTS) is 1. The summed E-state index contributed by atoms with van der Waals surface area (Å²) in [5.74, 6) is -1.04. The molecule has 7 nitrogen and oxygen atoms in total. The lowest BCUT2D eigenvalue weighted by molar-refractivity contribution is -0.141. The molecule has 3 N–H and O–H groups in total. The van der Waals surface area contributed by atoms with Gasteiger partial charge < -0.3 is 20.6 Å². The molecular formula is C30H48ClN3O4S. The number of likely N-dealkylation sites (tertiary alicyclic amines) is 1. The van der Waals surface area contributed by atoms with Crippen LogP contribution in [-0.4, -0.2) is 68.5 Å². The van der Waals surface area contributed by atoms with Crippen LogP contribution in [0.25, 0.3) is 0 Å². The van der Waals surface area contributed by atoms with E-state index in [1.54, 1.807) is 0 Å². The molecule has 2 aliphatic rings. The molecule has 2 atom stereocenters. The molecular weight excluding hydrogens is 534 g/mol. The van der Waals surface area contributed by atoms with Crippen LogP contribution in [0.1, 0.15) is 96.0 Å². The highest BCUT2D eigenvalue weighted by atomic mass is 35.5. The van der Waals surface area contributed by atoms with Gasteiger partial charge in [-0.3, -0.25) is 14.4 Å². The largest absolute Gasteiger partial charge is 0.481 e. The summed E-state index contributed by atoms with van der Waals surface area (Å²) < 4.78 is 0. The van der Waals surface area contributed by atoms with Gasteiger partial charge in [0.1, 0.15) is 0 Å². The number of rotatable bonds is 16. The maximum absolute atomic E-state index is 13.3. The molecule has 0 aromatic heterocycles. The third-order valence-electron chi connectivity index (χ3n) is 7.96. The fourth-order valence-electron chi connectivity index (χ4n) is 5.77. The molecule has 2 unspecified atom stereocenters. The summed E-state index contributed by atoms with van der Waals surface area (Å²) >= 11 is 1.51. The van der Waals surface area contributed by atoms with Crippen LogP contribution in [0.15, 0.2) is 30.3 Å². The first-order chi connectivity index (χ1) is 18.4. The highest BCUT2D eigenvalue weighted by molar-refractivity contribution is 8.02. The smallest absolute Gasteiger partial charge is 0.305 e. The molecule has 2 heterocycles. The molecule has 2 fully saturated rings. The number of nitrogens with two attached hydrogens (primary N) is 1. The van der Waals surface area contributed by atoms with E-state index in [9.17, 15) is 19.5 Å². The summed E-state index contributed by atoms with van der Waals surface area (Å²) in [5, 5.41) is 8.83. The third kappa shape index (κ3) is 9.98. The predicted molar refractivity (Wildman–Crippen MR) is 161 cm³/mol. The lowest BCUT2D eigenvalue weighted by atomic mass is 9.99. The Labute approximate surface area is 245 Å². The summed E-state index contributed by atoms with van der Waals surface area (Å²) in [5.41, 5.74) is 7.31. The second kappa shape index (κ2) is 17.1. The SMILES string of the molecule is CCCCCCCCCCCCN1C(=O)C(CC(=O)O)SC12CCN(C(=O)C(N)Cc1ccccc1)CC2.Cl. The van der Waals surface area contributed by atoms with Gasteiger partial charge in [-0.2, -0.15) is 0 Å². The Hall–Kier alpha value is -1.77. The molecule has 1 aromatic carbocycles. The fourth-order valence-corrected chi connectivity index (χ4v) is 7.48. The van der Waals surface area contributed by atoms with Crippen LogP contribution in [0.3, 0.4) is 0 Å². The van der Waals surface area contributed by atoms with E-state index in [0.29, 0.717) is 38.9 Å². The van der Waals surface area contributed by atoms with Crippen molar-refractivity contribution in [1.82, 2.24) is 9.80 Å². The number of carboxylic acids is 1. The van der Waals surface area contributed by atoms with Crippen molar-refractivity contribution in [3.63, 3.8) is 0 Å². The number of halogens is 1. The molecule has 2 saturated heterocycles. The van der Waals surface area contributed by atoms with E-state index in [2.05, 4.69) is 6.92 Å². The summed E-state index contributed by atoms with van der Waals surface area (Å²) in [7, 11) is 0. The molecule has 1 aromatic rings. The van der Waals surface area contributed by atoms with Gasteiger partial charge in [0.25, 0.3) is 0 Å². The number of amides is 2. The lowest BCUT2D eigenvalue weighted by Crippen LogP contribution is -2.55. The highest BCUT2D eigenvalue weighted by Gasteiger charge is 2.53. The number of hydrogen-bond donors (Lipinski definition) is 2. The van der Waals surface area contributed by atoms with Gasteiger partial charge >= 0.3 is 5.97 Å². The van der Waals surface area contributed by atoms with Crippen LogP contribution in [0, 0.1) is 0 Å². The summed E-state index contributed by atoms with van der Waals surface area (Å²) in [4.78, 5) is 41.1. The number of unbranched alkanes of at least 4 members (excludes halogenated alkanes) is 9. The Morgan fingerprint density at radius 1 is 1.00 bits per heavy atom. The minimum atomic E-state index is -0.939. The van der Waals surface area contributed by atoms with Crippen molar-refractivity contribution in [3.05, 3.63) is 35.9 Å². The van der Waals surface area contributed by atoms with Crippen LogP contribution in [-0.2, 0) is 20.8 Å². The minimum Gasteiger partial charge on any atom is -0.481 e. The Kier molecular flexibility index (Phi) is 14.7. The quantitative estimate of drug-likeness (QED) is 0.245. The monoisotopic (exact) mass is 581 g/mol. The van der Waals surface area contributed by atoms with Crippen molar-refractivity contribution in [2.24, 2.45) is 5.73 Å². The van der Waals surface area contributed by atoms with E-state index < -0.39 is 22.1 Å². The standard InChI is InChI=1S/C30H47N3O4S.ClH/c1-2-3-4-5-6-7-8-9-10-14-19-33-29(37)26(23-27(34)35)38-30(33)17-20-32(21-18-30)28(36)25(31)22-24-15-12-11-13-16-24;/h11-13,15-16,25-26H,2-10,14,17-23,31H2,1H3,(H,34,35);1H. The zero-order chi connectivity index (χ0) is 27.4. The van der Waals surface area contributed by atoms with E-state index in [0.717, 1.165) is 18.4 Å². The first-order valence-electron chi connectivity index (χ1n) is 14.7. The van der Waals surface area contributed by atoms with E-state index >= 15 is 0 Å². The van der Waals surface area contributed by atoms with Gasteiger partial charge in [0.05, 0.1) is 22.6 Å². The van der Waals surface area contributed by atoms with Gasteiger partial charge in [0.2, 0.25) is 11.8 Å². The molecule has 3 rings (SSSR count). The van der Waals surface area contributed by atoms with Gasteiger partial charge in [-0.25, -0.2) is 0 Å². The maximum Gasteiger partial charge on any atom is 0.305 e. The number of carbonyl (C=O) groups excluding carboxylic acids is 2. The number of hydrogen-bond acceptors (Lipinski definition) is 5. The van der Waals surface area contributed by atoms with Crippen LogP contribution >= 0.6 is 24.2 Å². The topological polar surface area (TPSA) is 104 Å². The molecule has 1 spiro atoms. The summed E-state index contributed by atoms with van der Waals surface area (Å²) in [6.45, 7) is 3.98. The second-order valence-corrected chi connectivity index (χ2v) is 12.5. The number of benzene rings is 1. The van der Waals surface area contributed by atoms with Crippen molar-refractivity contribution in [1.29, 1.82) is 0 Å². The van der Waals surface area contributed by atoms with E-state index in [1.807, 2.05) is 40.1 Å². The minimum absolute atomic E-state index is 0. The second-order valence-electron chi connectivity index (χ2n) is 10.9.